The van der Waals surface area contributed by atoms with Gasteiger partial charge in [-0.3, -0.25) is 9.59 Å². The second kappa shape index (κ2) is 5.13. The smallest absolute Gasteiger partial charge is 0.270 e. The zero-order valence-corrected chi connectivity index (χ0v) is 11.3. The Morgan fingerprint density at radius 1 is 1.53 bits per heavy atom. The molecule has 0 aromatic carbocycles. The van der Waals surface area contributed by atoms with Crippen LogP contribution >= 0.6 is 11.3 Å². The molecule has 1 N–H and O–H groups in total. The highest BCUT2D eigenvalue weighted by Crippen LogP contribution is 2.22. The monoisotopic (exact) mass is 277 g/mol. The normalized spacial score (nSPS) is 25.1. The number of hydrogen-bond acceptors (Lipinski definition) is 5. The molecular weight excluding hydrogens is 262 g/mol. The Balaban J connectivity index is 1.78. The highest BCUT2D eigenvalue weighted by atomic mass is 32.1. The molecule has 0 bridgehead atoms. The molecule has 1 unspecified atom stereocenters. The van der Waals surface area contributed by atoms with Gasteiger partial charge in [-0.2, -0.15) is 0 Å². The van der Waals surface area contributed by atoms with Crippen molar-refractivity contribution in [1.29, 1.82) is 0 Å². The molecule has 1 aromatic heterocycles. The van der Waals surface area contributed by atoms with E-state index in [2.05, 4.69) is 10.3 Å². The Morgan fingerprint density at radius 3 is 3.21 bits per heavy atom. The first kappa shape index (κ1) is 12.3. The average Bonchev–Trinajstić information content (AvgIpc) is 2.96. The summed E-state index contributed by atoms with van der Waals surface area (Å²) in [5, 5.41) is 5.26. The molecule has 1 aromatic rings. The molecule has 6 heteroatoms. The van der Waals surface area contributed by atoms with Crippen LogP contribution in [0.5, 0.6) is 0 Å². The Labute approximate surface area is 115 Å². The summed E-state index contributed by atoms with van der Waals surface area (Å²) in [6.07, 6.45) is 6.24. The first-order chi connectivity index (χ1) is 9.25. The molecule has 5 nitrogen and oxygen atoms in total. The molecule has 1 atom stereocenters. The lowest BCUT2D eigenvalue weighted by molar-refractivity contribution is -0.132. The fourth-order valence-corrected chi connectivity index (χ4v) is 3.14. The average molecular weight is 277 g/mol. The first-order valence-electron chi connectivity index (χ1n) is 6.46. The van der Waals surface area contributed by atoms with Crippen molar-refractivity contribution in [3.8, 4) is 0 Å². The SMILES string of the molecule is O=C(C=C1NCC2CCCCN2C1=O)c1nccs1. The number of carbonyl (C=O) groups excluding carboxylic acids is 2. The summed E-state index contributed by atoms with van der Waals surface area (Å²) in [5.41, 5.74) is 0.401. The lowest BCUT2D eigenvalue weighted by Crippen LogP contribution is -2.55. The Hall–Kier alpha value is -1.69. The minimum atomic E-state index is -0.207. The number of piperidine rings is 1. The van der Waals surface area contributed by atoms with Gasteiger partial charge in [-0.1, -0.05) is 0 Å². The van der Waals surface area contributed by atoms with Crippen molar-refractivity contribution in [2.45, 2.75) is 25.3 Å². The van der Waals surface area contributed by atoms with Gasteiger partial charge in [0.25, 0.3) is 5.91 Å². The number of hydrogen-bond donors (Lipinski definition) is 1. The highest BCUT2D eigenvalue weighted by molar-refractivity contribution is 7.11. The van der Waals surface area contributed by atoms with Crippen molar-refractivity contribution in [2.24, 2.45) is 0 Å². The van der Waals surface area contributed by atoms with E-state index >= 15 is 0 Å². The van der Waals surface area contributed by atoms with Gasteiger partial charge in [0, 0.05) is 36.8 Å². The quantitative estimate of drug-likeness (QED) is 0.651. The van der Waals surface area contributed by atoms with Crippen molar-refractivity contribution in [3.05, 3.63) is 28.4 Å². The number of thiazole rings is 1. The zero-order chi connectivity index (χ0) is 13.2. The maximum Gasteiger partial charge on any atom is 0.270 e. The molecule has 1 amide bonds. The summed E-state index contributed by atoms with van der Waals surface area (Å²) in [4.78, 5) is 30.1. The third-order valence-corrected chi connectivity index (χ3v) is 4.35. The lowest BCUT2D eigenvalue weighted by Gasteiger charge is -2.40. The highest BCUT2D eigenvalue weighted by Gasteiger charge is 2.33. The van der Waals surface area contributed by atoms with Gasteiger partial charge in [-0.15, -0.1) is 11.3 Å². The Morgan fingerprint density at radius 2 is 2.42 bits per heavy atom. The molecule has 0 saturated carbocycles. The predicted molar refractivity (Wildman–Crippen MR) is 71.9 cm³/mol. The van der Waals surface area contributed by atoms with Gasteiger partial charge in [0.05, 0.1) is 0 Å². The van der Waals surface area contributed by atoms with Crippen LogP contribution in [0.1, 0.15) is 29.1 Å². The predicted octanol–water partition coefficient (Wildman–Crippen LogP) is 1.19. The molecule has 100 valence electrons. The van der Waals surface area contributed by atoms with Crippen LogP contribution in [-0.4, -0.2) is 40.7 Å². The molecule has 0 aliphatic carbocycles. The van der Waals surface area contributed by atoms with Gasteiger partial charge in [0.15, 0.2) is 5.01 Å². The summed E-state index contributed by atoms with van der Waals surface area (Å²) in [7, 11) is 0. The largest absolute Gasteiger partial charge is 0.378 e. The molecular formula is C13H15N3O2S. The summed E-state index contributed by atoms with van der Waals surface area (Å²) < 4.78 is 0. The van der Waals surface area contributed by atoms with E-state index in [1.807, 2.05) is 4.90 Å². The second-order valence-electron chi connectivity index (χ2n) is 4.79. The standard InChI is InChI=1S/C13H15N3O2S/c17-11(12-14-4-6-19-12)7-10-13(18)16-5-2-1-3-9(16)8-15-10/h4,6-7,9,15H,1-3,5,8H2. The number of nitrogens with zero attached hydrogens (tertiary/aromatic N) is 2. The van der Waals surface area contributed by atoms with Crippen molar-refractivity contribution in [1.82, 2.24) is 15.2 Å². The van der Waals surface area contributed by atoms with E-state index in [1.165, 1.54) is 23.8 Å². The van der Waals surface area contributed by atoms with E-state index in [0.717, 1.165) is 25.9 Å². The molecule has 0 radical (unpaired) electrons. The van der Waals surface area contributed by atoms with Gasteiger partial charge in [-0.25, -0.2) is 4.98 Å². The van der Waals surface area contributed by atoms with Crippen molar-refractivity contribution < 1.29 is 9.59 Å². The summed E-state index contributed by atoms with van der Waals surface area (Å²) in [6.45, 7) is 1.54. The van der Waals surface area contributed by atoms with E-state index in [4.69, 9.17) is 0 Å². The van der Waals surface area contributed by atoms with Crippen LogP contribution in [0, 0.1) is 0 Å². The maximum absolute atomic E-state index is 12.3. The minimum absolute atomic E-state index is 0.0548. The number of ketones is 1. The van der Waals surface area contributed by atoms with Crippen LogP contribution < -0.4 is 5.32 Å². The number of nitrogens with one attached hydrogen (secondary N) is 1. The number of amides is 1. The summed E-state index contributed by atoms with van der Waals surface area (Å²) in [6, 6.07) is 0.286. The third-order valence-electron chi connectivity index (χ3n) is 3.57. The maximum atomic E-state index is 12.3. The molecule has 3 heterocycles. The van der Waals surface area contributed by atoms with Crippen LogP contribution in [0.4, 0.5) is 0 Å². The molecule has 2 aliphatic heterocycles. The van der Waals surface area contributed by atoms with Crippen LogP contribution in [0.15, 0.2) is 23.3 Å². The Kier molecular flexibility index (Phi) is 3.33. The van der Waals surface area contributed by atoms with Gasteiger partial charge in [0.2, 0.25) is 5.78 Å². The van der Waals surface area contributed by atoms with Crippen LogP contribution in [-0.2, 0) is 4.79 Å². The Bertz CT molecular complexity index is 524. The fraction of sp³-hybridized carbons (Fsp3) is 0.462. The van der Waals surface area contributed by atoms with Crippen LogP contribution in [0.25, 0.3) is 0 Å². The molecule has 0 spiro atoms. The number of allylic oxidation sites excluding steroid dienone is 1. The van der Waals surface area contributed by atoms with E-state index in [9.17, 15) is 9.59 Å². The van der Waals surface area contributed by atoms with E-state index in [0.29, 0.717) is 10.7 Å². The molecule has 2 fully saturated rings. The van der Waals surface area contributed by atoms with Gasteiger partial charge in [-0.05, 0) is 19.3 Å². The third kappa shape index (κ3) is 2.40. The van der Waals surface area contributed by atoms with Crippen molar-refractivity contribution in [2.75, 3.05) is 13.1 Å². The summed E-state index contributed by atoms with van der Waals surface area (Å²) in [5.74, 6) is -0.262. The minimum Gasteiger partial charge on any atom is -0.378 e. The second-order valence-corrected chi connectivity index (χ2v) is 5.68. The first-order valence-corrected chi connectivity index (χ1v) is 7.34. The fourth-order valence-electron chi connectivity index (χ4n) is 2.59. The van der Waals surface area contributed by atoms with Gasteiger partial charge in [0.1, 0.15) is 5.70 Å². The number of carbonyl (C=O) groups is 2. The molecule has 19 heavy (non-hydrogen) atoms. The van der Waals surface area contributed by atoms with Gasteiger partial charge >= 0.3 is 0 Å². The topological polar surface area (TPSA) is 62.3 Å². The number of piperazine rings is 1. The molecule has 2 aliphatic rings. The van der Waals surface area contributed by atoms with E-state index < -0.39 is 0 Å². The van der Waals surface area contributed by atoms with Crippen LogP contribution in [0.3, 0.4) is 0 Å². The summed E-state index contributed by atoms with van der Waals surface area (Å²) >= 11 is 1.29. The van der Waals surface area contributed by atoms with E-state index in [-0.39, 0.29) is 17.7 Å². The molecule has 3 rings (SSSR count). The van der Waals surface area contributed by atoms with Crippen molar-refractivity contribution >= 4 is 23.0 Å². The zero-order valence-electron chi connectivity index (χ0n) is 10.5. The number of aromatic nitrogens is 1. The number of rotatable bonds is 2. The molecule has 2 saturated heterocycles. The van der Waals surface area contributed by atoms with Crippen LogP contribution in [0.2, 0.25) is 0 Å². The lowest BCUT2D eigenvalue weighted by atomic mass is 9.99. The van der Waals surface area contributed by atoms with Gasteiger partial charge < -0.3 is 10.2 Å². The van der Waals surface area contributed by atoms with Crippen molar-refractivity contribution in [3.63, 3.8) is 0 Å². The van der Waals surface area contributed by atoms with E-state index in [1.54, 1.807) is 11.6 Å². The number of fused-ring (bicyclic) bond motifs is 1.